The highest BCUT2D eigenvalue weighted by molar-refractivity contribution is 5.83. The zero-order valence-electron chi connectivity index (χ0n) is 20.9. The minimum Gasteiger partial charge on any atom is -0.480 e. The number of carbonyl (C=O) groups is 2. The van der Waals surface area contributed by atoms with Crippen molar-refractivity contribution in [1.82, 2.24) is 30.1 Å². The lowest BCUT2D eigenvalue weighted by Crippen LogP contribution is -2.51. The number of rotatable bonds is 12. The third-order valence-electron chi connectivity index (χ3n) is 5.94. The Morgan fingerprint density at radius 2 is 2.00 bits per heavy atom. The Morgan fingerprint density at radius 1 is 1.11 bits per heavy atom. The van der Waals surface area contributed by atoms with Gasteiger partial charge in [0.05, 0.1) is 12.2 Å². The number of nitrogens with zero attached hydrogens (tertiary/aromatic N) is 5. The molecule has 1 aliphatic rings. The van der Waals surface area contributed by atoms with Gasteiger partial charge in [0.25, 0.3) is 0 Å². The number of aliphatic carboxylic acids is 1. The van der Waals surface area contributed by atoms with E-state index >= 15 is 0 Å². The van der Waals surface area contributed by atoms with Gasteiger partial charge in [-0.3, -0.25) is 14.5 Å². The first-order valence-electron chi connectivity index (χ1n) is 12.3. The molecule has 1 saturated heterocycles. The summed E-state index contributed by atoms with van der Waals surface area (Å²) in [7, 11) is 1.94. The van der Waals surface area contributed by atoms with Gasteiger partial charge in [-0.15, -0.1) is 0 Å². The van der Waals surface area contributed by atoms with E-state index in [2.05, 4.69) is 30.9 Å². The summed E-state index contributed by atoms with van der Waals surface area (Å²) in [5.74, 6) is 0.142. The average Bonchev–Trinajstić information content (AvgIpc) is 2.89. The lowest BCUT2D eigenvalue weighted by molar-refractivity contribution is -0.147. The largest absolute Gasteiger partial charge is 0.480 e. The SMILES string of the molecule is CNCCCNc1ccc(-c2ccnc(Nc3cccc(CN4CCN(CC(=O)O)C(=O)C4)c3)n2)cn1. The standard InChI is InChI=1S/C26H32N8O3/c1-27-9-3-10-28-23-7-6-20(15-30-23)22-8-11-29-26(32-22)31-21-5-2-4-19(14-21)16-33-12-13-34(18-25(36)37)24(35)17-33/h2,4-8,11,14-15,27H,3,9-10,12-13,16-18H2,1H3,(H,28,30)(H,36,37)(H,29,31,32). The van der Waals surface area contributed by atoms with Crippen LogP contribution in [0, 0.1) is 0 Å². The Balaban J connectivity index is 1.35. The molecule has 2 aromatic heterocycles. The van der Waals surface area contributed by atoms with Crippen LogP contribution in [0.3, 0.4) is 0 Å². The van der Waals surface area contributed by atoms with E-state index in [-0.39, 0.29) is 19.0 Å². The van der Waals surface area contributed by atoms with E-state index in [0.29, 0.717) is 25.6 Å². The average molecular weight is 505 g/mol. The van der Waals surface area contributed by atoms with Crippen LogP contribution in [-0.2, 0) is 16.1 Å². The van der Waals surface area contributed by atoms with Crippen LogP contribution in [0.5, 0.6) is 0 Å². The Bertz CT molecular complexity index is 1200. The number of amides is 1. The Morgan fingerprint density at radius 3 is 2.76 bits per heavy atom. The number of carboxylic acids is 1. The predicted molar refractivity (Wildman–Crippen MR) is 142 cm³/mol. The zero-order chi connectivity index (χ0) is 26.0. The number of carbonyl (C=O) groups excluding carboxylic acids is 1. The Labute approximate surface area is 215 Å². The first kappa shape index (κ1) is 26.0. The van der Waals surface area contributed by atoms with E-state index in [9.17, 15) is 9.59 Å². The van der Waals surface area contributed by atoms with Gasteiger partial charge < -0.3 is 26.0 Å². The van der Waals surface area contributed by atoms with Gasteiger partial charge in [-0.2, -0.15) is 0 Å². The number of nitrogens with one attached hydrogen (secondary N) is 3. The number of benzene rings is 1. The fourth-order valence-corrected chi connectivity index (χ4v) is 4.07. The highest BCUT2D eigenvalue weighted by Crippen LogP contribution is 2.21. The van der Waals surface area contributed by atoms with Gasteiger partial charge in [-0.05, 0) is 55.9 Å². The number of hydrogen-bond acceptors (Lipinski definition) is 9. The maximum atomic E-state index is 12.3. The molecule has 11 nitrogen and oxygen atoms in total. The second kappa shape index (κ2) is 12.7. The molecule has 3 aromatic rings. The van der Waals surface area contributed by atoms with Crippen LogP contribution < -0.4 is 16.0 Å². The fraction of sp³-hybridized carbons (Fsp3) is 0.346. The first-order chi connectivity index (χ1) is 18.0. The third-order valence-corrected chi connectivity index (χ3v) is 5.94. The summed E-state index contributed by atoms with van der Waals surface area (Å²) in [5, 5.41) is 18.6. The lowest BCUT2D eigenvalue weighted by Gasteiger charge is -2.33. The summed E-state index contributed by atoms with van der Waals surface area (Å²) >= 11 is 0. The molecule has 0 saturated carbocycles. The summed E-state index contributed by atoms with van der Waals surface area (Å²) in [6.45, 7) is 3.38. The van der Waals surface area contributed by atoms with Gasteiger partial charge >= 0.3 is 5.97 Å². The quantitative estimate of drug-likeness (QED) is 0.271. The van der Waals surface area contributed by atoms with E-state index in [4.69, 9.17) is 5.11 Å². The van der Waals surface area contributed by atoms with E-state index in [0.717, 1.165) is 47.8 Å². The molecule has 3 heterocycles. The zero-order valence-corrected chi connectivity index (χ0v) is 20.9. The Kier molecular flexibility index (Phi) is 8.95. The molecule has 0 atom stereocenters. The van der Waals surface area contributed by atoms with Gasteiger partial charge in [0.2, 0.25) is 11.9 Å². The molecule has 0 bridgehead atoms. The van der Waals surface area contributed by atoms with Crippen molar-refractivity contribution in [3.8, 4) is 11.3 Å². The molecule has 1 fully saturated rings. The minimum absolute atomic E-state index is 0.166. The van der Waals surface area contributed by atoms with Crippen molar-refractivity contribution in [2.24, 2.45) is 0 Å². The molecule has 194 valence electrons. The molecule has 0 unspecified atom stereocenters. The van der Waals surface area contributed by atoms with Crippen LogP contribution in [0.15, 0.2) is 54.9 Å². The monoisotopic (exact) mass is 504 g/mol. The molecule has 11 heteroatoms. The summed E-state index contributed by atoms with van der Waals surface area (Å²) in [6.07, 6.45) is 4.52. The van der Waals surface area contributed by atoms with E-state index in [1.165, 1.54) is 4.90 Å². The topological polar surface area (TPSA) is 136 Å². The second-order valence-electron chi connectivity index (χ2n) is 8.83. The number of hydrogen-bond donors (Lipinski definition) is 4. The summed E-state index contributed by atoms with van der Waals surface area (Å²) in [4.78, 5) is 40.0. The molecule has 0 aliphatic carbocycles. The van der Waals surface area contributed by atoms with Crippen molar-refractivity contribution >= 4 is 29.3 Å². The number of anilines is 3. The minimum atomic E-state index is -0.993. The molecular weight excluding hydrogens is 472 g/mol. The van der Waals surface area contributed by atoms with E-state index in [1.807, 2.05) is 54.4 Å². The van der Waals surface area contributed by atoms with Crippen LogP contribution in [-0.4, -0.2) is 88.1 Å². The smallest absolute Gasteiger partial charge is 0.323 e. The van der Waals surface area contributed by atoms with E-state index < -0.39 is 5.97 Å². The van der Waals surface area contributed by atoms with Gasteiger partial charge in [0, 0.05) is 49.8 Å². The molecule has 0 spiro atoms. The second-order valence-corrected chi connectivity index (χ2v) is 8.83. The van der Waals surface area contributed by atoms with Crippen LogP contribution in [0.4, 0.5) is 17.5 Å². The summed E-state index contributed by atoms with van der Waals surface area (Å²) in [6, 6.07) is 13.6. The number of carboxylic acid groups (broad SMARTS) is 1. The van der Waals surface area contributed by atoms with Crippen LogP contribution in [0.2, 0.25) is 0 Å². The van der Waals surface area contributed by atoms with Crippen LogP contribution in [0.1, 0.15) is 12.0 Å². The highest BCUT2D eigenvalue weighted by atomic mass is 16.4. The summed E-state index contributed by atoms with van der Waals surface area (Å²) in [5.41, 5.74) is 3.53. The van der Waals surface area contributed by atoms with Crippen molar-refractivity contribution in [2.45, 2.75) is 13.0 Å². The number of piperazine rings is 1. The third kappa shape index (κ3) is 7.69. The fourth-order valence-electron chi connectivity index (χ4n) is 4.07. The summed E-state index contributed by atoms with van der Waals surface area (Å²) < 4.78 is 0. The molecule has 0 radical (unpaired) electrons. The number of aromatic nitrogens is 3. The number of pyridine rings is 1. The highest BCUT2D eigenvalue weighted by Gasteiger charge is 2.25. The van der Waals surface area contributed by atoms with Crippen LogP contribution in [0.25, 0.3) is 11.3 Å². The van der Waals surface area contributed by atoms with Crippen molar-refractivity contribution in [3.05, 3.63) is 60.4 Å². The van der Waals surface area contributed by atoms with Gasteiger partial charge in [-0.25, -0.2) is 15.0 Å². The lowest BCUT2D eigenvalue weighted by atomic mass is 10.1. The van der Waals surface area contributed by atoms with Crippen molar-refractivity contribution in [2.75, 3.05) is 56.9 Å². The molecular formula is C26H32N8O3. The maximum Gasteiger partial charge on any atom is 0.323 e. The van der Waals surface area contributed by atoms with Crippen molar-refractivity contribution in [1.29, 1.82) is 0 Å². The van der Waals surface area contributed by atoms with Crippen molar-refractivity contribution in [3.63, 3.8) is 0 Å². The molecule has 37 heavy (non-hydrogen) atoms. The van der Waals surface area contributed by atoms with Gasteiger partial charge in [0.1, 0.15) is 12.4 Å². The molecule has 1 amide bonds. The maximum absolute atomic E-state index is 12.3. The first-order valence-corrected chi connectivity index (χ1v) is 12.3. The van der Waals surface area contributed by atoms with Crippen LogP contribution >= 0.6 is 0 Å². The normalized spacial score (nSPS) is 14.0. The van der Waals surface area contributed by atoms with Gasteiger partial charge in [0.15, 0.2) is 0 Å². The van der Waals surface area contributed by atoms with Gasteiger partial charge in [-0.1, -0.05) is 12.1 Å². The Hall–Kier alpha value is -4.09. The molecule has 1 aromatic carbocycles. The van der Waals surface area contributed by atoms with Crippen molar-refractivity contribution < 1.29 is 14.7 Å². The predicted octanol–water partition coefficient (Wildman–Crippen LogP) is 2.03. The molecule has 4 N–H and O–H groups in total. The van der Waals surface area contributed by atoms with E-state index in [1.54, 1.807) is 12.4 Å². The molecule has 1 aliphatic heterocycles. The molecule has 4 rings (SSSR count).